The van der Waals surface area contributed by atoms with Gasteiger partial charge in [-0.25, -0.2) is 4.79 Å². The van der Waals surface area contributed by atoms with Gasteiger partial charge < -0.3 is 14.5 Å². The molecule has 0 radical (unpaired) electrons. The average molecular weight is 367 g/mol. The summed E-state index contributed by atoms with van der Waals surface area (Å²) < 4.78 is 5.03. The van der Waals surface area contributed by atoms with E-state index in [1.54, 1.807) is 16.7 Å². The normalized spacial score (nSPS) is 16.9. The second-order valence-corrected chi connectivity index (χ2v) is 7.19. The lowest BCUT2D eigenvalue weighted by atomic mass is 9.94. The number of ether oxygens (including phenoxy) is 1. The van der Waals surface area contributed by atoms with Gasteiger partial charge in [0.05, 0.1) is 12.1 Å². The van der Waals surface area contributed by atoms with E-state index in [4.69, 9.17) is 9.72 Å². The summed E-state index contributed by atoms with van der Waals surface area (Å²) in [5.74, 6) is -0.0000652. The number of aromatic nitrogens is 1. The van der Waals surface area contributed by atoms with Gasteiger partial charge >= 0.3 is 6.09 Å². The molecular formula is C21H25N3O3. The van der Waals surface area contributed by atoms with Crippen LogP contribution in [0.3, 0.4) is 0 Å². The lowest BCUT2D eigenvalue weighted by molar-refractivity contribution is 0.0570. The van der Waals surface area contributed by atoms with Crippen LogP contribution in [0.25, 0.3) is 10.9 Å². The van der Waals surface area contributed by atoms with Crippen LogP contribution in [-0.2, 0) is 17.6 Å². The smallest absolute Gasteiger partial charge is 0.409 e. The second-order valence-electron chi connectivity index (χ2n) is 7.19. The van der Waals surface area contributed by atoms with Crippen LogP contribution in [0.1, 0.15) is 41.4 Å². The van der Waals surface area contributed by atoms with Gasteiger partial charge in [0.2, 0.25) is 0 Å². The zero-order chi connectivity index (χ0) is 18.8. The summed E-state index contributed by atoms with van der Waals surface area (Å²) >= 11 is 0. The molecule has 0 N–H and O–H groups in total. The van der Waals surface area contributed by atoms with Crippen LogP contribution in [-0.4, -0.2) is 59.6 Å². The molecule has 0 spiro atoms. The Morgan fingerprint density at radius 1 is 1.04 bits per heavy atom. The monoisotopic (exact) mass is 367 g/mol. The van der Waals surface area contributed by atoms with E-state index >= 15 is 0 Å². The van der Waals surface area contributed by atoms with Crippen LogP contribution >= 0.6 is 0 Å². The number of benzene rings is 1. The van der Waals surface area contributed by atoms with Gasteiger partial charge in [0.1, 0.15) is 0 Å². The zero-order valence-electron chi connectivity index (χ0n) is 15.7. The maximum atomic E-state index is 12.9. The molecule has 6 heteroatoms. The van der Waals surface area contributed by atoms with Crippen molar-refractivity contribution in [1.29, 1.82) is 0 Å². The highest BCUT2D eigenvalue weighted by molar-refractivity contribution is 5.98. The maximum Gasteiger partial charge on any atom is 0.409 e. The Morgan fingerprint density at radius 3 is 2.56 bits per heavy atom. The summed E-state index contributed by atoms with van der Waals surface area (Å²) in [5, 5.41) is 1.10. The van der Waals surface area contributed by atoms with Crippen LogP contribution in [0.2, 0.25) is 0 Å². The molecule has 1 aromatic heterocycles. The van der Waals surface area contributed by atoms with Crippen LogP contribution in [0, 0.1) is 0 Å². The third-order valence-corrected chi connectivity index (χ3v) is 5.44. The van der Waals surface area contributed by atoms with E-state index < -0.39 is 0 Å². The van der Waals surface area contributed by atoms with Gasteiger partial charge in [-0.15, -0.1) is 0 Å². The molecule has 0 unspecified atom stereocenters. The molecule has 6 nitrogen and oxygen atoms in total. The number of carbonyl (C=O) groups excluding carboxylic acids is 2. The zero-order valence-corrected chi connectivity index (χ0v) is 15.7. The first-order valence-electron chi connectivity index (χ1n) is 9.79. The van der Waals surface area contributed by atoms with Crippen molar-refractivity contribution >= 4 is 22.9 Å². The van der Waals surface area contributed by atoms with Gasteiger partial charge in [0, 0.05) is 42.8 Å². The van der Waals surface area contributed by atoms with Crippen molar-refractivity contribution < 1.29 is 14.3 Å². The third-order valence-electron chi connectivity index (χ3n) is 5.44. The van der Waals surface area contributed by atoms with E-state index in [-0.39, 0.29) is 12.0 Å². The lowest BCUT2D eigenvalue weighted by Crippen LogP contribution is -2.50. The molecule has 1 saturated heterocycles. The average Bonchev–Trinajstić information content (AvgIpc) is 2.71. The fourth-order valence-corrected chi connectivity index (χ4v) is 3.91. The van der Waals surface area contributed by atoms with Gasteiger partial charge in [-0.1, -0.05) is 6.07 Å². The summed E-state index contributed by atoms with van der Waals surface area (Å²) in [6.07, 6.45) is 4.25. The molecule has 1 aliphatic carbocycles. The molecule has 0 atom stereocenters. The Hall–Kier alpha value is -2.63. The lowest BCUT2D eigenvalue weighted by Gasteiger charge is -2.34. The predicted octanol–water partition coefficient (Wildman–Crippen LogP) is 3.03. The molecule has 2 amide bonds. The van der Waals surface area contributed by atoms with Crippen LogP contribution in [0.4, 0.5) is 4.79 Å². The first kappa shape index (κ1) is 17.8. The van der Waals surface area contributed by atoms with Crippen molar-refractivity contribution in [2.75, 3.05) is 32.8 Å². The Bertz CT molecular complexity index is 872. The maximum absolute atomic E-state index is 12.9. The van der Waals surface area contributed by atoms with E-state index in [1.165, 1.54) is 24.1 Å². The van der Waals surface area contributed by atoms with E-state index in [9.17, 15) is 9.59 Å². The van der Waals surface area contributed by atoms with Gasteiger partial charge in [-0.2, -0.15) is 0 Å². The Morgan fingerprint density at radius 2 is 1.78 bits per heavy atom. The molecule has 1 fully saturated rings. The molecule has 0 bridgehead atoms. The molecule has 2 aromatic rings. The Labute approximate surface area is 159 Å². The first-order valence-corrected chi connectivity index (χ1v) is 9.79. The number of piperazine rings is 1. The number of amides is 2. The minimum atomic E-state index is -0.302. The molecule has 0 saturated carbocycles. The van der Waals surface area contributed by atoms with Gasteiger partial charge in [0.25, 0.3) is 5.91 Å². The number of carbonyl (C=O) groups is 2. The number of nitrogens with zero attached hydrogens (tertiary/aromatic N) is 3. The van der Waals surface area contributed by atoms with Crippen LogP contribution in [0.5, 0.6) is 0 Å². The minimum absolute atomic E-state index is 0.0000652. The highest BCUT2D eigenvalue weighted by Crippen LogP contribution is 2.25. The van der Waals surface area contributed by atoms with E-state index in [0.717, 1.165) is 23.7 Å². The molecule has 1 aliphatic heterocycles. The molecule has 142 valence electrons. The van der Waals surface area contributed by atoms with E-state index in [1.807, 2.05) is 18.2 Å². The second kappa shape index (κ2) is 7.55. The van der Waals surface area contributed by atoms with Crippen LogP contribution in [0.15, 0.2) is 24.3 Å². The SMILES string of the molecule is CCOC(=O)N1CCN(C(=O)c2ccc3cc4c(nc3c2)CCCC4)CC1. The largest absolute Gasteiger partial charge is 0.450 e. The van der Waals surface area contributed by atoms with Gasteiger partial charge in [-0.3, -0.25) is 9.78 Å². The third kappa shape index (κ3) is 3.61. The highest BCUT2D eigenvalue weighted by atomic mass is 16.6. The van der Waals surface area contributed by atoms with E-state index in [2.05, 4.69) is 6.07 Å². The fourth-order valence-electron chi connectivity index (χ4n) is 3.91. The van der Waals surface area contributed by atoms with Gasteiger partial charge in [-0.05, 0) is 56.4 Å². The Kier molecular flexibility index (Phi) is 4.97. The van der Waals surface area contributed by atoms with Crippen molar-refractivity contribution in [1.82, 2.24) is 14.8 Å². The molecule has 1 aromatic carbocycles. The van der Waals surface area contributed by atoms with Crippen molar-refractivity contribution in [3.8, 4) is 0 Å². The number of fused-ring (bicyclic) bond motifs is 2. The van der Waals surface area contributed by atoms with Gasteiger partial charge in [0.15, 0.2) is 0 Å². The molecular weight excluding hydrogens is 342 g/mol. The number of aryl methyl sites for hydroxylation is 2. The first-order chi connectivity index (χ1) is 13.2. The molecule has 2 heterocycles. The number of hydrogen-bond acceptors (Lipinski definition) is 4. The summed E-state index contributed by atoms with van der Waals surface area (Å²) in [4.78, 5) is 33.0. The van der Waals surface area contributed by atoms with Crippen molar-refractivity contribution in [3.63, 3.8) is 0 Å². The number of pyridine rings is 1. The van der Waals surface area contributed by atoms with Crippen molar-refractivity contribution in [3.05, 3.63) is 41.1 Å². The summed E-state index contributed by atoms with van der Waals surface area (Å²) in [7, 11) is 0. The fraction of sp³-hybridized carbons (Fsp3) is 0.476. The Balaban J connectivity index is 1.49. The minimum Gasteiger partial charge on any atom is -0.450 e. The van der Waals surface area contributed by atoms with Crippen molar-refractivity contribution in [2.45, 2.75) is 32.6 Å². The topological polar surface area (TPSA) is 62.7 Å². The predicted molar refractivity (Wildman–Crippen MR) is 103 cm³/mol. The summed E-state index contributed by atoms with van der Waals surface area (Å²) in [6.45, 7) is 4.21. The molecule has 2 aliphatic rings. The number of rotatable bonds is 2. The van der Waals surface area contributed by atoms with E-state index in [0.29, 0.717) is 38.3 Å². The van der Waals surface area contributed by atoms with Crippen LogP contribution < -0.4 is 0 Å². The standard InChI is InChI=1S/C21H25N3O3/c1-2-27-21(26)24-11-9-23(10-12-24)20(25)17-8-7-16-13-15-5-3-4-6-18(15)22-19(16)14-17/h7-8,13-14H,2-6,9-12H2,1H3. The van der Waals surface area contributed by atoms with Crippen molar-refractivity contribution in [2.24, 2.45) is 0 Å². The quantitative estimate of drug-likeness (QED) is 0.818. The summed E-state index contributed by atoms with van der Waals surface area (Å²) in [6, 6.07) is 8.02. The highest BCUT2D eigenvalue weighted by Gasteiger charge is 2.25. The molecule has 27 heavy (non-hydrogen) atoms. The molecule has 4 rings (SSSR count). The summed E-state index contributed by atoms with van der Waals surface area (Å²) in [5.41, 5.74) is 4.09. The number of hydrogen-bond donors (Lipinski definition) is 0.